The van der Waals surface area contributed by atoms with Crippen molar-refractivity contribution in [2.75, 3.05) is 12.5 Å². The second kappa shape index (κ2) is 6.75. The van der Waals surface area contributed by atoms with Crippen LogP contribution in [0, 0.1) is 0 Å². The number of Topliss-reactive ketones (excluding diaryl/α,β-unsaturated/α-hetero) is 1. The van der Waals surface area contributed by atoms with E-state index in [0.29, 0.717) is 5.56 Å². The van der Waals surface area contributed by atoms with Gasteiger partial charge in [0.2, 0.25) is 5.78 Å². The van der Waals surface area contributed by atoms with Crippen molar-refractivity contribution in [2.24, 2.45) is 5.10 Å². The number of anilines is 1. The van der Waals surface area contributed by atoms with Gasteiger partial charge in [0.15, 0.2) is 0 Å². The number of fused-ring (bicyclic) bond motifs is 1. The number of hydrazone groups is 1. The zero-order valence-electron chi connectivity index (χ0n) is 12.7. The van der Waals surface area contributed by atoms with Crippen molar-refractivity contribution in [2.45, 2.75) is 0 Å². The van der Waals surface area contributed by atoms with Crippen LogP contribution in [0.25, 0.3) is 10.8 Å². The number of benzene rings is 3. The number of hydrogen-bond acceptors (Lipinski definition) is 4. The van der Waals surface area contributed by atoms with Crippen LogP contribution in [0.15, 0.2) is 71.8 Å². The maximum Gasteiger partial charge on any atom is 0.205 e. The molecule has 0 spiro atoms. The third kappa shape index (κ3) is 3.55. The first-order valence-corrected chi connectivity index (χ1v) is 7.22. The van der Waals surface area contributed by atoms with Crippen molar-refractivity contribution >= 4 is 28.5 Å². The van der Waals surface area contributed by atoms with Gasteiger partial charge in [-0.25, -0.2) is 0 Å². The lowest BCUT2D eigenvalue weighted by atomic mass is 10.1. The molecule has 0 heterocycles. The van der Waals surface area contributed by atoms with Crippen LogP contribution in [0.4, 0.5) is 5.69 Å². The number of carbonyl (C=O) groups excluding carboxylic acids is 1. The second-order valence-corrected chi connectivity index (χ2v) is 5.02. The SMILES string of the molecule is COc1ccc(N/N=C/C(=O)c2ccc3ccccc3c2)cc1. The molecule has 0 saturated heterocycles. The van der Waals surface area contributed by atoms with E-state index in [1.165, 1.54) is 6.21 Å². The Morgan fingerprint density at radius 1 is 1.00 bits per heavy atom. The summed E-state index contributed by atoms with van der Waals surface area (Å²) in [6.45, 7) is 0. The van der Waals surface area contributed by atoms with Crippen LogP contribution in [0.5, 0.6) is 5.75 Å². The molecule has 3 aromatic carbocycles. The third-order valence-electron chi connectivity index (χ3n) is 3.50. The first kappa shape index (κ1) is 14.8. The molecular formula is C19H16N2O2. The fourth-order valence-corrected chi connectivity index (χ4v) is 2.25. The summed E-state index contributed by atoms with van der Waals surface area (Å²) in [5.74, 6) is 0.628. The third-order valence-corrected chi connectivity index (χ3v) is 3.50. The highest BCUT2D eigenvalue weighted by Crippen LogP contribution is 2.16. The lowest BCUT2D eigenvalue weighted by Crippen LogP contribution is -2.02. The smallest absolute Gasteiger partial charge is 0.205 e. The summed E-state index contributed by atoms with van der Waals surface area (Å²) < 4.78 is 5.08. The number of rotatable bonds is 5. The van der Waals surface area contributed by atoms with Gasteiger partial charge >= 0.3 is 0 Å². The Kier molecular flexibility index (Phi) is 4.34. The van der Waals surface area contributed by atoms with Gasteiger partial charge < -0.3 is 4.74 Å². The van der Waals surface area contributed by atoms with Crippen molar-refractivity contribution in [3.63, 3.8) is 0 Å². The molecule has 0 aromatic heterocycles. The first-order chi connectivity index (χ1) is 11.3. The summed E-state index contributed by atoms with van der Waals surface area (Å²) in [5, 5.41) is 6.13. The van der Waals surface area contributed by atoms with Crippen LogP contribution < -0.4 is 10.2 Å². The molecule has 0 aliphatic carbocycles. The molecule has 0 bridgehead atoms. The zero-order chi connectivity index (χ0) is 16.1. The fourth-order valence-electron chi connectivity index (χ4n) is 2.25. The molecule has 1 N–H and O–H groups in total. The van der Waals surface area contributed by atoms with Gasteiger partial charge in [-0.1, -0.05) is 36.4 Å². The Labute approximate surface area is 134 Å². The van der Waals surface area contributed by atoms with E-state index in [-0.39, 0.29) is 5.78 Å². The average molecular weight is 304 g/mol. The highest BCUT2D eigenvalue weighted by atomic mass is 16.5. The van der Waals surface area contributed by atoms with Crippen molar-refractivity contribution in [3.8, 4) is 5.75 Å². The van der Waals surface area contributed by atoms with Crippen molar-refractivity contribution in [1.29, 1.82) is 0 Å². The van der Waals surface area contributed by atoms with Gasteiger partial charge in [0.05, 0.1) is 19.0 Å². The summed E-state index contributed by atoms with van der Waals surface area (Å²) in [6.07, 6.45) is 1.29. The van der Waals surface area contributed by atoms with Gasteiger partial charge in [-0.15, -0.1) is 0 Å². The maximum atomic E-state index is 12.2. The van der Waals surface area contributed by atoms with E-state index in [9.17, 15) is 4.79 Å². The summed E-state index contributed by atoms with van der Waals surface area (Å²) in [4.78, 5) is 12.2. The molecular weight excluding hydrogens is 288 g/mol. The fraction of sp³-hybridized carbons (Fsp3) is 0.0526. The molecule has 23 heavy (non-hydrogen) atoms. The Morgan fingerprint density at radius 3 is 2.48 bits per heavy atom. The molecule has 0 radical (unpaired) electrons. The largest absolute Gasteiger partial charge is 0.497 e. The molecule has 3 rings (SSSR count). The maximum absolute atomic E-state index is 12.2. The van der Waals surface area contributed by atoms with E-state index in [4.69, 9.17) is 4.74 Å². The standard InChI is InChI=1S/C19H16N2O2/c1-23-18-10-8-17(9-11-18)21-20-13-19(22)16-7-6-14-4-2-3-5-15(14)12-16/h2-13,21H,1H3/b20-13+. The van der Waals surface area contributed by atoms with E-state index >= 15 is 0 Å². The quantitative estimate of drug-likeness (QED) is 0.438. The number of carbonyl (C=O) groups is 1. The molecule has 0 atom stereocenters. The molecule has 114 valence electrons. The van der Waals surface area contributed by atoms with E-state index in [0.717, 1.165) is 22.2 Å². The molecule has 0 fully saturated rings. The van der Waals surface area contributed by atoms with E-state index in [1.54, 1.807) is 7.11 Å². The Hall–Kier alpha value is -3.14. The highest BCUT2D eigenvalue weighted by Gasteiger charge is 2.03. The van der Waals surface area contributed by atoms with Crippen LogP contribution in [-0.4, -0.2) is 19.1 Å². The summed E-state index contributed by atoms with van der Waals surface area (Å²) in [7, 11) is 1.61. The minimum atomic E-state index is -0.142. The molecule has 0 unspecified atom stereocenters. The van der Waals surface area contributed by atoms with Gasteiger partial charge in [0, 0.05) is 5.56 Å². The number of ether oxygens (including phenoxy) is 1. The normalized spacial score (nSPS) is 10.8. The van der Waals surface area contributed by atoms with E-state index in [2.05, 4.69) is 10.5 Å². The molecule has 0 aliphatic rings. The second-order valence-electron chi connectivity index (χ2n) is 5.02. The van der Waals surface area contributed by atoms with Gasteiger partial charge in [0.25, 0.3) is 0 Å². The monoisotopic (exact) mass is 304 g/mol. The predicted octanol–water partition coefficient (Wildman–Crippen LogP) is 4.13. The van der Waals surface area contributed by atoms with Crippen molar-refractivity contribution in [3.05, 3.63) is 72.3 Å². The van der Waals surface area contributed by atoms with Crippen LogP contribution in [0.1, 0.15) is 10.4 Å². The summed E-state index contributed by atoms with van der Waals surface area (Å²) in [6, 6.07) is 20.9. The first-order valence-electron chi connectivity index (χ1n) is 7.22. The molecule has 4 nitrogen and oxygen atoms in total. The van der Waals surface area contributed by atoms with Crippen LogP contribution in [-0.2, 0) is 0 Å². The number of nitrogens with zero attached hydrogens (tertiary/aromatic N) is 1. The van der Waals surface area contributed by atoms with Crippen LogP contribution in [0.2, 0.25) is 0 Å². The zero-order valence-corrected chi connectivity index (χ0v) is 12.7. The topological polar surface area (TPSA) is 50.7 Å². The number of ketones is 1. The lowest BCUT2D eigenvalue weighted by Gasteiger charge is -2.02. The molecule has 4 heteroatoms. The van der Waals surface area contributed by atoms with Gasteiger partial charge in [-0.2, -0.15) is 5.10 Å². The predicted molar refractivity (Wildman–Crippen MR) is 93.4 cm³/mol. The van der Waals surface area contributed by atoms with E-state index < -0.39 is 0 Å². The molecule has 0 amide bonds. The van der Waals surface area contributed by atoms with Crippen LogP contribution >= 0.6 is 0 Å². The minimum absolute atomic E-state index is 0.142. The van der Waals surface area contributed by atoms with Crippen molar-refractivity contribution < 1.29 is 9.53 Å². The van der Waals surface area contributed by atoms with Crippen molar-refractivity contribution in [1.82, 2.24) is 0 Å². The number of hydrogen-bond donors (Lipinski definition) is 1. The van der Waals surface area contributed by atoms with E-state index in [1.807, 2.05) is 66.7 Å². The summed E-state index contributed by atoms with van der Waals surface area (Å²) >= 11 is 0. The van der Waals surface area contributed by atoms with Gasteiger partial charge in [-0.3, -0.25) is 10.2 Å². The average Bonchev–Trinajstić information content (AvgIpc) is 2.61. The van der Waals surface area contributed by atoms with Gasteiger partial charge in [0.1, 0.15) is 5.75 Å². The Bertz CT molecular complexity index is 855. The highest BCUT2D eigenvalue weighted by molar-refractivity contribution is 6.35. The number of methoxy groups -OCH3 is 1. The number of nitrogens with one attached hydrogen (secondary N) is 1. The lowest BCUT2D eigenvalue weighted by molar-refractivity contribution is 0.107. The van der Waals surface area contributed by atoms with Gasteiger partial charge in [-0.05, 0) is 41.1 Å². The Morgan fingerprint density at radius 2 is 1.74 bits per heavy atom. The van der Waals surface area contributed by atoms with Crippen LogP contribution in [0.3, 0.4) is 0 Å². The Balaban J connectivity index is 1.69. The molecule has 3 aromatic rings. The summed E-state index contributed by atoms with van der Waals surface area (Å²) in [5.41, 5.74) is 4.23. The molecule has 0 aliphatic heterocycles. The molecule has 0 saturated carbocycles. The minimum Gasteiger partial charge on any atom is -0.497 e.